The van der Waals surface area contributed by atoms with Gasteiger partial charge in [0.15, 0.2) is 11.6 Å². The Hall–Kier alpha value is -1.90. The summed E-state index contributed by atoms with van der Waals surface area (Å²) in [5.41, 5.74) is 3.06. The Kier molecular flexibility index (Phi) is 2.97. The fraction of sp³-hybridized carbons (Fsp3) is 0.250. The van der Waals surface area contributed by atoms with E-state index in [1.54, 1.807) is 6.07 Å². The second kappa shape index (κ2) is 4.65. The van der Waals surface area contributed by atoms with Crippen LogP contribution in [0.15, 0.2) is 42.5 Å². The number of para-hydroxylation sites is 1. The molecule has 0 radical (unpaired) electrons. The maximum absolute atomic E-state index is 13.4. The average Bonchev–Trinajstić information content (AvgIpc) is 2.41. The van der Waals surface area contributed by atoms with Crippen molar-refractivity contribution in [1.82, 2.24) is 0 Å². The van der Waals surface area contributed by atoms with Crippen molar-refractivity contribution >= 4 is 5.69 Å². The number of rotatable bonds is 1. The van der Waals surface area contributed by atoms with Crippen LogP contribution in [0.2, 0.25) is 0 Å². The minimum atomic E-state index is -0.793. The third-order valence-corrected chi connectivity index (χ3v) is 3.67. The van der Waals surface area contributed by atoms with Crippen LogP contribution >= 0.6 is 0 Å². The minimum absolute atomic E-state index is 0.113. The maximum atomic E-state index is 13.4. The molecule has 0 spiro atoms. The zero-order valence-electron chi connectivity index (χ0n) is 10.7. The molecule has 1 N–H and O–H groups in total. The third kappa shape index (κ3) is 2.21. The monoisotopic (exact) mass is 259 g/mol. The highest BCUT2D eigenvalue weighted by atomic mass is 19.2. The number of hydrogen-bond donors (Lipinski definition) is 1. The zero-order valence-corrected chi connectivity index (χ0v) is 10.7. The first-order valence-corrected chi connectivity index (χ1v) is 6.45. The van der Waals surface area contributed by atoms with E-state index in [2.05, 4.69) is 12.2 Å². The number of benzene rings is 2. The predicted molar refractivity (Wildman–Crippen MR) is 72.3 cm³/mol. The lowest BCUT2D eigenvalue weighted by molar-refractivity contribution is 0.504. The van der Waals surface area contributed by atoms with E-state index in [9.17, 15) is 8.78 Å². The van der Waals surface area contributed by atoms with Crippen molar-refractivity contribution in [1.29, 1.82) is 0 Å². The van der Waals surface area contributed by atoms with Crippen LogP contribution in [-0.2, 0) is 0 Å². The molecule has 19 heavy (non-hydrogen) atoms. The minimum Gasteiger partial charge on any atom is -0.382 e. The van der Waals surface area contributed by atoms with Crippen molar-refractivity contribution in [2.24, 2.45) is 0 Å². The van der Waals surface area contributed by atoms with E-state index in [0.29, 0.717) is 6.04 Å². The summed E-state index contributed by atoms with van der Waals surface area (Å²) >= 11 is 0. The summed E-state index contributed by atoms with van der Waals surface area (Å²) in [6.45, 7) is 2.10. The lowest BCUT2D eigenvalue weighted by Gasteiger charge is -2.31. The Morgan fingerprint density at radius 1 is 1.05 bits per heavy atom. The Morgan fingerprint density at radius 2 is 1.84 bits per heavy atom. The van der Waals surface area contributed by atoms with Gasteiger partial charge in [-0.1, -0.05) is 24.3 Å². The van der Waals surface area contributed by atoms with Crippen molar-refractivity contribution in [3.63, 3.8) is 0 Å². The molecule has 1 aliphatic rings. The molecule has 0 saturated heterocycles. The molecule has 0 amide bonds. The van der Waals surface area contributed by atoms with E-state index >= 15 is 0 Å². The molecule has 1 aliphatic heterocycles. The van der Waals surface area contributed by atoms with E-state index in [1.807, 2.05) is 24.3 Å². The first kappa shape index (κ1) is 12.2. The first-order valence-electron chi connectivity index (χ1n) is 6.45. The Balaban J connectivity index is 2.07. The molecule has 1 heterocycles. The second-order valence-corrected chi connectivity index (χ2v) is 5.09. The highest BCUT2D eigenvalue weighted by Crippen LogP contribution is 2.38. The van der Waals surface area contributed by atoms with Crippen molar-refractivity contribution in [3.8, 4) is 0 Å². The van der Waals surface area contributed by atoms with Gasteiger partial charge in [-0.25, -0.2) is 8.78 Å². The third-order valence-electron chi connectivity index (χ3n) is 3.67. The van der Waals surface area contributed by atoms with Gasteiger partial charge in [0.2, 0.25) is 0 Å². The Bertz CT molecular complexity index is 609. The maximum Gasteiger partial charge on any atom is 0.159 e. The summed E-state index contributed by atoms with van der Waals surface area (Å²) < 4.78 is 26.5. The fourth-order valence-corrected chi connectivity index (χ4v) is 2.78. The molecular weight excluding hydrogens is 244 g/mol. The standard InChI is InChI=1S/C16H15F2N/c1-10-8-13(11-6-7-14(17)15(18)9-11)12-4-2-3-5-16(12)19-10/h2-7,9-10,13,19H,8H2,1H3. The Labute approximate surface area is 111 Å². The summed E-state index contributed by atoms with van der Waals surface area (Å²) in [4.78, 5) is 0. The van der Waals surface area contributed by atoms with Gasteiger partial charge < -0.3 is 5.32 Å². The molecule has 98 valence electrons. The van der Waals surface area contributed by atoms with Crippen LogP contribution in [0.1, 0.15) is 30.4 Å². The van der Waals surface area contributed by atoms with Crippen LogP contribution in [-0.4, -0.2) is 6.04 Å². The van der Waals surface area contributed by atoms with E-state index in [0.717, 1.165) is 23.2 Å². The second-order valence-electron chi connectivity index (χ2n) is 5.09. The van der Waals surface area contributed by atoms with Gasteiger partial charge in [0.1, 0.15) is 0 Å². The van der Waals surface area contributed by atoms with Crippen LogP contribution in [0.25, 0.3) is 0 Å². The summed E-state index contributed by atoms with van der Waals surface area (Å²) in [6.07, 6.45) is 0.877. The van der Waals surface area contributed by atoms with Gasteiger partial charge >= 0.3 is 0 Å². The number of anilines is 1. The van der Waals surface area contributed by atoms with E-state index in [1.165, 1.54) is 12.1 Å². The van der Waals surface area contributed by atoms with Crippen LogP contribution in [0.5, 0.6) is 0 Å². The molecule has 2 aromatic rings. The summed E-state index contributed by atoms with van der Waals surface area (Å²) in [5.74, 6) is -1.46. The van der Waals surface area contributed by atoms with Crippen LogP contribution in [0.3, 0.4) is 0 Å². The van der Waals surface area contributed by atoms with Gasteiger partial charge in [-0.2, -0.15) is 0 Å². The Morgan fingerprint density at radius 3 is 2.63 bits per heavy atom. The highest BCUT2D eigenvalue weighted by molar-refractivity contribution is 5.58. The van der Waals surface area contributed by atoms with Crippen LogP contribution < -0.4 is 5.32 Å². The number of halogens is 2. The molecule has 0 aliphatic carbocycles. The van der Waals surface area contributed by atoms with Gasteiger partial charge in [-0.05, 0) is 42.7 Å². The number of fused-ring (bicyclic) bond motifs is 1. The fourth-order valence-electron chi connectivity index (χ4n) is 2.78. The smallest absolute Gasteiger partial charge is 0.159 e. The molecule has 0 fully saturated rings. The van der Waals surface area contributed by atoms with Gasteiger partial charge in [0, 0.05) is 17.6 Å². The molecule has 0 bridgehead atoms. The quantitative estimate of drug-likeness (QED) is 0.805. The molecule has 2 aromatic carbocycles. The van der Waals surface area contributed by atoms with E-state index in [-0.39, 0.29) is 5.92 Å². The lowest BCUT2D eigenvalue weighted by atomic mass is 9.82. The van der Waals surface area contributed by atoms with Gasteiger partial charge in [0.05, 0.1) is 0 Å². The van der Waals surface area contributed by atoms with Gasteiger partial charge in [-0.3, -0.25) is 0 Å². The van der Waals surface area contributed by atoms with E-state index < -0.39 is 11.6 Å². The van der Waals surface area contributed by atoms with Crippen LogP contribution in [0.4, 0.5) is 14.5 Å². The molecule has 3 heteroatoms. The van der Waals surface area contributed by atoms with Crippen molar-refractivity contribution in [3.05, 3.63) is 65.2 Å². The number of hydrogen-bond acceptors (Lipinski definition) is 1. The molecule has 1 nitrogen and oxygen atoms in total. The first-order chi connectivity index (χ1) is 9.15. The predicted octanol–water partition coefficient (Wildman–Crippen LogP) is 4.30. The number of nitrogens with one attached hydrogen (secondary N) is 1. The molecule has 2 atom stereocenters. The summed E-state index contributed by atoms with van der Waals surface area (Å²) in [5, 5.41) is 3.42. The molecular formula is C16H15F2N. The molecule has 3 rings (SSSR count). The zero-order chi connectivity index (χ0) is 13.4. The molecule has 0 saturated carbocycles. The van der Waals surface area contributed by atoms with Gasteiger partial charge in [0.25, 0.3) is 0 Å². The van der Waals surface area contributed by atoms with Crippen molar-refractivity contribution < 1.29 is 8.78 Å². The van der Waals surface area contributed by atoms with Crippen molar-refractivity contribution in [2.45, 2.75) is 25.3 Å². The SMILES string of the molecule is CC1CC(c2ccc(F)c(F)c2)c2ccccc2N1. The van der Waals surface area contributed by atoms with Gasteiger partial charge in [-0.15, -0.1) is 0 Å². The summed E-state index contributed by atoms with van der Waals surface area (Å²) in [7, 11) is 0. The molecule has 2 unspecified atom stereocenters. The summed E-state index contributed by atoms with van der Waals surface area (Å²) in [6, 6.07) is 12.5. The van der Waals surface area contributed by atoms with Crippen molar-refractivity contribution in [2.75, 3.05) is 5.32 Å². The largest absolute Gasteiger partial charge is 0.382 e. The normalized spacial score (nSPS) is 21.6. The van der Waals surface area contributed by atoms with Crippen LogP contribution in [0, 0.1) is 11.6 Å². The van der Waals surface area contributed by atoms with E-state index in [4.69, 9.17) is 0 Å². The average molecular weight is 259 g/mol. The topological polar surface area (TPSA) is 12.0 Å². The highest BCUT2D eigenvalue weighted by Gasteiger charge is 2.25. The lowest BCUT2D eigenvalue weighted by Crippen LogP contribution is -2.25. The molecule has 0 aromatic heterocycles.